The lowest BCUT2D eigenvalue weighted by atomic mass is 9.83. The third-order valence-corrected chi connectivity index (χ3v) is 8.40. The SMILES string of the molecule is COCCCCOc1ccccc1C(=O)NC[C@@H](C[C@H](N)[C@@H](O)C[C@H](C(=O)N(C)CC(=O)N1CCOCC1)C(C)C)C(C)C.Cl. The van der Waals surface area contributed by atoms with Gasteiger partial charge in [0.05, 0.1) is 38.0 Å². The van der Waals surface area contributed by atoms with Gasteiger partial charge < -0.3 is 40.2 Å². The number of unbranched alkanes of at least 4 members (excludes halogenated alkanes) is 1. The van der Waals surface area contributed by atoms with Crippen molar-refractivity contribution in [3.05, 3.63) is 29.8 Å². The molecule has 0 aliphatic carbocycles. The molecule has 0 unspecified atom stereocenters. The number of rotatable bonds is 19. The van der Waals surface area contributed by atoms with Crippen molar-refractivity contribution in [3.8, 4) is 5.75 Å². The van der Waals surface area contributed by atoms with Gasteiger partial charge in [0, 0.05) is 52.4 Å². The van der Waals surface area contributed by atoms with Gasteiger partial charge in [-0.15, -0.1) is 12.4 Å². The van der Waals surface area contributed by atoms with Crippen molar-refractivity contribution in [2.75, 3.05) is 66.8 Å². The van der Waals surface area contributed by atoms with Crippen LogP contribution in [0.3, 0.4) is 0 Å². The average molecular weight is 657 g/mol. The second-order valence-electron chi connectivity index (χ2n) is 12.5. The highest BCUT2D eigenvalue weighted by molar-refractivity contribution is 5.96. The number of halogens is 1. The Hall–Kier alpha value is -2.44. The van der Waals surface area contributed by atoms with Crippen LogP contribution in [0.5, 0.6) is 5.75 Å². The van der Waals surface area contributed by atoms with Gasteiger partial charge in [-0.3, -0.25) is 14.4 Å². The molecule has 1 aliphatic rings. The fourth-order valence-electron chi connectivity index (χ4n) is 5.30. The van der Waals surface area contributed by atoms with Crippen LogP contribution in [-0.2, 0) is 19.1 Å². The number of aliphatic hydroxyl groups is 1. The van der Waals surface area contributed by atoms with E-state index < -0.39 is 18.1 Å². The van der Waals surface area contributed by atoms with Crippen molar-refractivity contribution in [1.82, 2.24) is 15.1 Å². The van der Waals surface area contributed by atoms with E-state index in [0.717, 1.165) is 12.8 Å². The zero-order valence-corrected chi connectivity index (χ0v) is 28.9. The van der Waals surface area contributed by atoms with Crippen LogP contribution in [0, 0.1) is 23.7 Å². The Morgan fingerprint density at radius 2 is 1.69 bits per heavy atom. The van der Waals surface area contributed by atoms with E-state index in [1.54, 1.807) is 37.3 Å². The summed E-state index contributed by atoms with van der Waals surface area (Å²) in [5.74, 6) is -0.306. The Bertz CT molecular complexity index is 1020. The standard InChI is InChI=1S/C33H56N4O7.ClH/c1-23(2)25(21-35-32(40)26-11-7-8-12-30(26)44-16-10-9-15-42-6)19-28(34)29(38)20-27(24(3)4)33(41)36(5)22-31(39)37-13-17-43-18-14-37;/h7-8,11-12,23-25,27-29,38H,9-10,13-22,34H2,1-6H3,(H,35,40);1H/t25-,27+,28+,29+;/m1./s1. The molecule has 0 bridgehead atoms. The highest BCUT2D eigenvalue weighted by atomic mass is 35.5. The van der Waals surface area contributed by atoms with E-state index in [4.69, 9.17) is 19.9 Å². The zero-order valence-electron chi connectivity index (χ0n) is 28.0. The first-order chi connectivity index (χ1) is 21.0. The number of methoxy groups -OCH3 is 1. The normalized spacial score (nSPS) is 16.0. The molecule has 258 valence electrons. The summed E-state index contributed by atoms with van der Waals surface area (Å²) in [6, 6.07) is 6.60. The molecule has 12 heteroatoms. The predicted octanol–water partition coefficient (Wildman–Crippen LogP) is 2.97. The molecule has 1 fully saturated rings. The molecular formula is C33H57ClN4O7. The van der Waals surface area contributed by atoms with Crippen LogP contribution in [0.1, 0.15) is 63.7 Å². The number of hydrogen-bond donors (Lipinski definition) is 3. The Morgan fingerprint density at radius 3 is 2.31 bits per heavy atom. The van der Waals surface area contributed by atoms with Gasteiger partial charge in [-0.05, 0) is 55.6 Å². The Morgan fingerprint density at radius 1 is 1.04 bits per heavy atom. The lowest BCUT2D eigenvalue weighted by molar-refractivity contribution is -0.145. The molecule has 3 amide bonds. The number of hydrogen-bond acceptors (Lipinski definition) is 8. The summed E-state index contributed by atoms with van der Waals surface area (Å²) in [5.41, 5.74) is 6.97. The maximum atomic E-state index is 13.4. The molecule has 0 aromatic heterocycles. The topological polar surface area (TPSA) is 144 Å². The second kappa shape index (κ2) is 21.4. The van der Waals surface area contributed by atoms with Gasteiger partial charge in [-0.25, -0.2) is 0 Å². The van der Waals surface area contributed by atoms with Crippen molar-refractivity contribution in [2.24, 2.45) is 29.4 Å². The molecule has 11 nitrogen and oxygen atoms in total. The van der Waals surface area contributed by atoms with E-state index in [0.29, 0.717) is 63.8 Å². The van der Waals surface area contributed by atoms with Gasteiger partial charge in [0.15, 0.2) is 0 Å². The van der Waals surface area contributed by atoms with Crippen molar-refractivity contribution < 1.29 is 33.7 Å². The zero-order chi connectivity index (χ0) is 32.6. The van der Waals surface area contributed by atoms with E-state index in [-0.39, 0.29) is 60.8 Å². The summed E-state index contributed by atoms with van der Waals surface area (Å²) in [5, 5.41) is 14.1. The first kappa shape index (κ1) is 40.6. The molecule has 1 saturated heterocycles. The van der Waals surface area contributed by atoms with E-state index in [9.17, 15) is 19.5 Å². The first-order valence-corrected chi connectivity index (χ1v) is 16.0. The van der Waals surface area contributed by atoms with Crippen molar-refractivity contribution in [2.45, 2.75) is 65.5 Å². The number of nitrogens with one attached hydrogen (secondary N) is 1. The highest BCUT2D eigenvalue weighted by Gasteiger charge is 2.32. The lowest BCUT2D eigenvalue weighted by Gasteiger charge is -2.32. The van der Waals surface area contributed by atoms with Crippen LogP contribution in [0.15, 0.2) is 24.3 Å². The lowest BCUT2D eigenvalue weighted by Crippen LogP contribution is -2.48. The number of carbonyl (C=O) groups is 3. The maximum absolute atomic E-state index is 13.4. The van der Waals surface area contributed by atoms with Crippen LogP contribution in [0.2, 0.25) is 0 Å². The molecule has 45 heavy (non-hydrogen) atoms. The number of ether oxygens (including phenoxy) is 3. The molecule has 4 N–H and O–H groups in total. The smallest absolute Gasteiger partial charge is 0.255 e. The van der Waals surface area contributed by atoms with Crippen molar-refractivity contribution in [3.63, 3.8) is 0 Å². The average Bonchev–Trinajstić information content (AvgIpc) is 3.01. The van der Waals surface area contributed by atoms with Crippen molar-refractivity contribution >= 4 is 30.1 Å². The number of amides is 3. The fourth-order valence-corrected chi connectivity index (χ4v) is 5.30. The summed E-state index contributed by atoms with van der Waals surface area (Å²) < 4.78 is 16.3. The third-order valence-electron chi connectivity index (χ3n) is 8.40. The van der Waals surface area contributed by atoms with Gasteiger partial charge >= 0.3 is 0 Å². The summed E-state index contributed by atoms with van der Waals surface area (Å²) in [6.45, 7) is 11.6. The van der Waals surface area contributed by atoms with E-state index in [1.165, 1.54) is 4.90 Å². The first-order valence-electron chi connectivity index (χ1n) is 16.0. The number of nitrogens with two attached hydrogens (primary N) is 1. The van der Waals surface area contributed by atoms with E-state index in [1.807, 2.05) is 19.9 Å². The summed E-state index contributed by atoms with van der Waals surface area (Å²) >= 11 is 0. The minimum absolute atomic E-state index is 0. The second-order valence-corrected chi connectivity index (χ2v) is 12.5. The Labute approximate surface area is 275 Å². The summed E-state index contributed by atoms with van der Waals surface area (Å²) in [4.78, 5) is 42.3. The number of carbonyl (C=O) groups excluding carboxylic acids is 3. The number of morpholine rings is 1. The summed E-state index contributed by atoms with van der Waals surface area (Å²) in [6.07, 6.45) is 1.45. The molecule has 0 saturated carbocycles. The molecule has 1 heterocycles. The molecule has 1 aliphatic heterocycles. The van der Waals surface area contributed by atoms with Crippen LogP contribution in [0.4, 0.5) is 0 Å². The van der Waals surface area contributed by atoms with Crippen LogP contribution in [-0.4, -0.2) is 112 Å². The molecule has 1 aromatic carbocycles. The molecule has 0 spiro atoms. The number of para-hydroxylation sites is 1. The van der Waals surface area contributed by atoms with E-state index >= 15 is 0 Å². The van der Waals surface area contributed by atoms with Gasteiger partial charge in [0.2, 0.25) is 11.8 Å². The highest BCUT2D eigenvalue weighted by Crippen LogP contribution is 2.25. The quantitative estimate of drug-likeness (QED) is 0.193. The fraction of sp³-hybridized carbons (Fsp3) is 0.727. The van der Waals surface area contributed by atoms with Crippen LogP contribution >= 0.6 is 12.4 Å². The number of benzene rings is 1. The van der Waals surface area contributed by atoms with Gasteiger partial charge in [-0.1, -0.05) is 39.8 Å². The Balaban J connectivity index is 0.0000101. The van der Waals surface area contributed by atoms with Gasteiger partial charge in [0.1, 0.15) is 5.75 Å². The minimum atomic E-state index is -0.918. The molecule has 1 aromatic rings. The number of nitrogens with zero attached hydrogens (tertiary/aromatic N) is 2. The number of likely N-dealkylation sites (N-methyl/N-ethyl adjacent to an activating group) is 1. The third kappa shape index (κ3) is 13.8. The molecule has 2 rings (SSSR count). The van der Waals surface area contributed by atoms with Gasteiger partial charge in [-0.2, -0.15) is 0 Å². The minimum Gasteiger partial charge on any atom is -0.493 e. The van der Waals surface area contributed by atoms with E-state index in [2.05, 4.69) is 19.2 Å². The molecular weight excluding hydrogens is 600 g/mol. The maximum Gasteiger partial charge on any atom is 0.255 e. The Kier molecular flexibility index (Phi) is 19.3. The molecule has 0 radical (unpaired) electrons. The summed E-state index contributed by atoms with van der Waals surface area (Å²) in [7, 11) is 3.30. The van der Waals surface area contributed by atoms with Crippen LogP contribution in [0.25, 0.3) is 0 Å². The largest absolute Gasteiger partial charge is 0.493 e. The van der Waals surface area contributed by atoms with Crippen molar-refractivity contribution in [1.29, 1.82) is 0 Å². The van der Waals surface area contributed by atoms with Gasteiger partial charge in [0.25, 0.3) is 5.91 Å². The predicted molar refractivity (Wildman–Crippen MR) is 178 cm³/mol. The number of aliphatic hydroxyl groups excluding tert-OH is 1. The van der Waals surface area contributed by atoms with Crippen LogP contribution < -0.4 is 15.8 Å². The molecule has 4 atom stereocenters. The monoisotopic (exact) mass is 656 g/mol.